The Hall–Kier alpha value is -0.560. The van der Waals surface area contributed by atoms with Gasteiger partial charge in [0.25, 0.3) is 0 Å². The summed E-state index contributed by atoms with van der Waals surface area (Å²) < 4.78 is 10.2. The van der Waals surface area contributed by atoms with Gasteiger partial charge in [-0.25, -0.2) is 0 Å². The van der Waals surface area contributed by atoms with Crippen molar-refractivity contribution in [3.8, 4) is 12.3 Å². The van der Waals surface area contributed by atoms with E-state index in [1.54, 1.807) is 14.2 Å². The Labute approximate surface area is 92.8 Å². The Balaban J connectivity index is 3.65. The number of aliphatic hydroxyl groups excluding tert-OH is 1. The largest absolute Gasteiger partial charge is 0.396 e. The molecule has 0 heterocycles. The first-order chi connectivity index (χ1) is 7.28. The lowest BCUT2D eigenvalue weighted by molar-refractivity contribution is -0.108. The highest BCUT2D eigenvalue weighted by Gasteiger charge is 2.10. The van der Waals surface area contributed by atoms with E-state index in [4.69, 9.17) is 21.0 Å². The summed E-state index contributed by atoms with van der Waals surface area (Å²) in [6.07, 6.45) is 9.79. The average Bonchev–Trinajstić information content (AvgIpc) is 2.28. The molecule has 0 aromatic rings. The second-order valence-electron chi connectivity index (χ2n) is 3.56. The molecule has 1 unspecified atom stereocenters. The van der Waals surface area contributed by atoms with Gasteiger partial charge in [0.2, 0.25) is 0 Å². The molecule has 0 radical (unpaired) electrons. The van der Waals surface area contributed by atoms with Crippen molar-refractivity contribution >= 4 is 0 Å². The average molecular weight is 214 g/mol. The Morgan fingerprint density at radius 1 is 1.13 bits per heavy atom. The maximum absolute atomic E-state index is 8.65. The van der Waals surface area contributed by atoms with Gasteiger partial charge in [-0.2, -0.15) is 0 Å². The minimum atomic E-state index is -0.154. The van der Waals surface area contributed by atoms with E-state index in [0.29, 0.717) is 0 Å². The van der Waals surface area contributed by atoms with E-state index in [1.165, 1.54) is 0 Å². The summed E-state index contributed by atoms with van der Waals surface area (Å²) in [6, 6.07) is 0. The van der Waals surface area contributed by atoms with Crippen LogP contribution in [0.3, 0.4) is 0 Å². The molecule has 3 heteroatoms. The number of methoxy groups -OCH3 is 2. The molecule has 0 spiro atoms. The van der Waals surface area contributed by atoms with Crippen molar-refractivity contribution in [2.24, 2.45) is 5.92 Å². The Kier molecular flexibility index (Phi) is 9.60. The number of hydrogen-bond donors (Lipinski definition) is 1. The molecule has 0 aromatic carbocycles. The zero-order chi connectivity index (χ0) is 11.5. The van der Waals surface area contributed by atoms with Crippen molar-refractivity contribution in [2.75, 3.05) is 20.8 Å². The first-order valence-electron chi connectivity index (χ1n) is 5.41. The summed E-state index contributed by atoms with van der Waals surface area (Å²) in [6.45, 7) is 0.246. The number of aliphatic hydroxyl groups is 1. The number of terminal acetylenes is 1. The van der Waals surface area contributed by atoms with Crippen LogP contribution in [0.5, 0.6) is 0 Å². The summed E-state index contributed by atoms with van der Waals surface area (Å²) in [5.74, 6) is 3.04. The van der Waals surface area contributed by atoms with E-state index >= 15 is 0 Å². The highest BCUT2D eigenvalue weighted by atomic mass is 16.7. The Morgan fingerprint density at radius 2 is 1.80 bits per heavy atom. The van der Waals surface area contributed by atoms with E-state index in [2.05, 4.69) is 5.92 Å². The van der Waals surface area contributed by atoms with Gasteiger partial charge in [-0.05, 0) is 32.1 Å². The van der Waals surface area contributed by atoms with Gasteiger partial charge in [0.15, 0.2) is 6.29 Å². The van der Waals surface area contributed by atoms with Crippen molar-refractivity contribution < 1.29 is 14.6 Å². The summed E-state index contributed by atoms with van der Waals surface area (Å²) in [5, 5.41) is 8.65. The van der Waals surface area contributed by atoms with Gasteiger partial charge in [-0.15, -0.1) is 12.3 Å². The fraction of sp³-hybridized carbons (Fsp3) is 0.833. The third kappa shape index (κ3) is 7.38. The van der Waals surface area contributed by atoms with Gasteiger partial charge < -0.3 is 14.6 Å². The fourth-order valence-corrected chi connectivity index (χ4v) is 1.48. The van der Waals surface area contributed by atoms with E-state index in [0.717, 1.165) is 32.1 Å². The third-order valence-electron chi connectivity index (χ3n) is 2.47. The Bertz CT molecular complexity index is 170. The summed E-state index contributed by atoms with van der Waals surface area (Å²) in [4.78, 5) is 0. The van der Waals surface area contributed by atoms with Crippen LogP contribution in [0.4, 0.5) is 0 Å². The Morgan fingerprint density at radius 3 is 2.27 bits per heavy atom. The second-order valence-corrected chi connectivity index (χ2v) is 3.56. The van der Waals surface area contributed by atoms with Crippen molar-refractivity contribution in [1.82, 2.24) is 0 Å². The molecule has 0 rings (SSSR count). The second kappa shape index (κ2) is 9.97. The maximum Gasteiger partial charge on any atom is 0.156 e. The molecular weight excluding hydrogens is 192 g/mol. The van der Waals surface area contributed by atoms with Gasteiger partial charge in [0.05, 0.1) is 0 Å². The van der Waals surface area contributed by atoms with E-state index in [1.807, 2.05) is 0 Å². The normalized spacial score (nSPS) is 12.7. The minimum absolute atomic E-state index is 0.154. The molecule has 0 aliphatic rings. The van der Waals surface area contributed by atoms with E-state index in [9.17, 15) is 0 Å². The predicted octanol–water partition coefficient (Wildman–Crippen LogP) is 1.80. The van der Waals surface area contributed by atoms with Gasteiger partial charge in [-0.3, -0.25) is 0 Å². The number of ether oxygens (including phenoxy) is 2. The molecule has 0 aliphatic carbocycles. The lowest BCUT2D eigenvalue weighted by atomic mass is 9.97. The number of hydrogen-bond acceptors (Lipinski definition) is 3. The van der Waals surface area contributed by atoms with Crippen LogP contribution in [-0.2, 0) is 9.47 Å². The van der Waals surface area contributed by atoms with Crippen molar-refractivity contribution in [3.05, 3.63) is 0 Å². The van der Waals surface area contributed by atoms with Gasteiger partial charge in [0.1, 0.15) is 0 Å². The number of unbranched alkanes of at least 4 members (excludes halogenated alkanes) is 1. The smallest absolute Gasteiger partial charge is 0.156 e. The molecule has 0 saturated carbocycles. The molecule has 0 bridgehead atoms. The van der Waals surface area contributed by atoms with Crippen LogP contribution >= 0.6 is 0 Å². The van der Waals surface area contributed by atoms with Crippen LogP contribution < -0.4 is 0 Å². The molecule has 0 amide bonds. The fourth-order valence-electron chi connectivity index (χ4n) is 1.48. The summed E-state index contributed by atoms with van der Waals surface area (Å²) in [7, 11) is 3.26. The van der Waals surface area contributed by atoms with E-state index in [-0.39, 0.29) is 18.8 Å². The number of rotatable bonds is 9. The van der Waals surface area contributed by atoms with Crippen LogP contribution in [0.15, 0.2) is 0 Å². The molecule has 0 aliphatic heterocycles. The lowest BCUT2D eigenvalue weighted by Gasteiger charge is -2.15. The molecule has 88 valence electrons. The standard InChI is InChI=1S/C12H22O3/c1-4-11(7-5-6-10-13)8-9-12(14-2)15-3/h1,11-13H,5-10H2,2-3H3. The molecule has 0 saturated heterocycles. The summed E-state index contributed by atoms with van der Waals surface area (Å²) in [5.41, 5.74) is 0. The predicted molar refractivity (Wildman–Crippen MR) is 60.3 cm³/mol. The minimum Gasteiger partial charge on any atom is -0.396 e. The van der Waals surface area contributed by atoms with Crippen LogP contribution in [0.1, 0.15) is 32.1 Å². The van der Waals surface area contributed by atoms with Gasteiger partial charge >= 0.3 is 0 Å². The maximum atomic E-state index is 8.65. The zero-order valence-electron chi connectivity index (χ0n) is 9.74. The SMILES string of the molecule is C#CC(CCCCO)CCC(OC)OC. The van der Waals surface area contributed by atoms with Gasteiger partial charge in [-0.1, -0.05) is 0 Å². The first kappa shape index (κ1) is 14.4. The lowest BCUT2D eigenvalue weighted by Crippen LogP contribution is -2.14. The summed E-state index contributed by atoms with van der Waals surface area (Å²) >= 11 is 0. The molecule has 15 heavy (non-hydrogen) atoms. The molecule has 0 aromatic heterocycles. The quantitative estimate of drug-likeness (QED) is 0.361. The molecule has 3 nitrogen and oxygen atoms in total. The van der Waals surface area contributed by atoms with E-state index < -0.39 is 0 Å². The molecule has 1 N–H and O–H groups in total. The van der Waals surface area contributed by atoms with Crippen molar-refractivity contribution in [2.45, 2.75) is 38.4 Å². The van der Waals surface area contributed by atoms with Crippen LogP contribution in [0, 0.1) is 18.3 Å². The molecule has 1 atom stereocenters. The van der Waals surface area contributed by atoms with Crippen LogP contribution in [0.2, 0.25) is 0 Å². The highest BCUT2D eigenvalue weighted by Crippen LogP contribution is 2.16. The monoisotopic (exact) mass is 214 g/mol. The third-order valence-corrected chi connectivity index (χ3v) is 2.47. The topological polar surface area (TPSA) is 38.7 Å². The first-order valence-corrected chi connectivity index (χ1v) is 5.41. The molecule has 0 fully saturated rings. The van der Waals surface area contributed by atoms with Crippen molar-refractivity contribution in [1.29, 1.82) is 0 Å². The van der Waals surface area contributed by atoms with Crippen LogP contribution in [-0.4, -0.2) is 32.2 Å². The van der Waals surface area contributed by atoms with Crippen LogP contribution in [0.25, 0.3) is 0 Å². The molecular formula is C12H22O3. The zero-order valence-corrected chi connectivity index (χ0v) is 9.74. The van der Waals surface area contributed by atoms with Gasteiger partial charge in [0, 0.05) is 26.7 Å². The highest BCUT2D eigenvalue weighted by molar-refractivity contribution is 4.92. The van der Waals surface area contributed by atoms with Crippen molar-refractivity contribution in [3.63, 3.8) is 0 Å².